The van der Waals surface area contributed by atoms with Gasteiger partial charge in [0.1, 0.15) is 4.88 Å². The van der Waals surface area contributed by atoms with Gasteiger partial charge in [-0.15, -0.1) is 0 Å². The normalized spacial score (nSPS) is 10.2. The lowest BCUT2D eigenvalue weighted by atomic mass is 10.2. The molecule has 0 bridgehead atoms. The third kappa shape index (κ3) is 3.38. The number of aryl methyl sites for hydroxylation is 1. The maximum atomic E-state index is 12.1. The van der Waals surface area contributed by atoms with Gasteiger partial charge in [0.25, 0.3) is 11.8 Å². The highest BCUT2D eigenvalue weighted by Gasteiger charge is 2.14. The molecule has 0 spiro atoms. The number of carbonyl (C=O) groups excluding carboxylic acids is 2. The third-order valence-corrected chi connectivity index (χ3v) is 3.80. The van der Waals surface area contributed by atoms with Crippen molar-refractivity contribution in [2.75, 3.05) is 25.1 Å². The van der Waals surface area contributed by atoms with E-state index in [1.165, 1.54) is 4.90 Å². The molecule has 110 valence electrons. The SMILES string of the molecule is Cc1nc(N)sc1C(=O)Nc1ccc(C(=O)N(C)C)cc1. The summed E-state index contributed by atoms with van der Waals surface area (Å²) >= 11 is 1.15. The molecule has 0 saturated carbocycles. The first-order valence-electron chi connectivity index (χ1n) is 6.24. The highest BCUT2D eigenvalue weighted by atomic mass is 32.1. The number of rotatable bonds is 3. The van der Waals surface area contributed by atoms with Crippen molar-refractivity contribution in [3.63, 3.8) is 0 Å². The number of hydrogen-bond donors (Lipinski definition) is 2. The molecule has 1 heterocycles. The van der Waals surface area contributed by atoms with E-state index in [4.69, 9.17) is 5.73 Å². The monoisotopic (exact) mass is 304 g/mol. The largest absolute Gasteiger partial charge is 0.375 e. The van der Waals surface area contributed by atoms with E-state index in [-0.39, 0.29) is 11.8 Å². The summed E-state index contributed by atoms with van der Waals surface area (Å²) in [5, 5.41) is 3.12. The van der Waals surface area contributed by atoms with Crippen molar-refractivity contribution in [1.29, 1.82) is 0 Å². The second-order valence-corrected chi connectivity index (χ2v) is 5.73. The van der Waals surface area contributed by atoms with Gasteiger partial charge in [-0.1, -0.05) is 11.3 Å². The fraction of sp³-hybridized carbons (Fsp3) is 0.214. The van der Waals surface area contributed by atoms with Crippen LogP contribution in [0.15, 0.2) is 24.3 Å². The molecule has 1 aromatic heterocycles. The van der Waals surface area contributed by atoms with Gasteiger partial charge in [0, 0.05) is 25.3 Å². The Kier molecular flexibility index (Phi) is 4.23. The third-order valence-electron chi connectivity index (χ3n) is 2.82. The first kappa shape index (κ1) is 15.0. The molecule has 6 nitrogen and oxygen atoms in total. The van der Waals surface area contributed by atoms with Crippen molar-refractivity contribution >= 4 is 34.0 Å². The van der Waals surface area contributed by atoms with Crippen LogP contribution in [0.3, 0.4) is 0 Å². The molecule has 0 radical (unpaired) electrons. The van der Waals surface area contributed by atoms with Crippen LogP contribution < -0.4 is 11.1 Å². The topological polar surface area (TPSA) is 88.3 Å². The number of thiazole rings is 1. The Morgan fingerprint density at radius 3 is 2.33 bits per heavy atom. The Labute approximate surface area is 126 Å². The number of aromatic nitrogens is 1. The number of nitrogen functional groups attached to an aromatic ring is 1. The van der Waals surface area contributed by atoms with E-state index in [1.54, 1.807) is 45.3 Å². The molecule has 0 atom stereocenters. The van der Waals surface area contributed by atoms with Gasteiger partial charge in [0.15, 0.2) is 5.13 Å². The molecule has 2 aromatic rings. The Hall–Kier alpha value is -2.41. The van der Waals surface area contributed by atoms with Gasteiger partial charge >= 0.3 is 0 Å². The molecule has 0 aliphatic rings. The predicted octanol–water partition coefficient (Wildman–Crippen LogP) is 1.99. The summed E-state index contributed by atoms with van der Waals surface area (Å²) in [7, 11) is 3.38. The highest BCUT2D eigenvalue weighted by Crippen LogP contribution is 2.21. The van der Waals surface area contributed by atoms with Gasteiger partial charge in [-0.25, -0.2) is 4.98 Å². The number of amides is 2. The molecule has 2 amide bonds. The van der Waals surface area contributed by atoms with Crippen LogP contribution in [0.25, 0.3) is 0 Å². The van der Waals surface area contributed by atoms with E-state index in [9.17, 15) is 9.59 Å². The minimum Gasteiger partial charge on any atom is -0.375 e. The van der Waals surface area contributed by atoms with Crippen molar-refractivity contribution < 1.29 is 9.59 Å². The molecular formula is C14H16N4O2S. The molecule has 1 aromatic carbocycles. The number of nitrogens with zero attached hydrogens (tertiary/aromatic N) is 2. The predicted molar refractivity (Wildman–Crippen MR) is 83.7 cm³/mol. The Balaban J connectivity index is 2.12. The van der Waals surface area contributed by atoms with E-state index in [2.05, 4.69) is 10.3 Å². The second kappa shape index (κ2) is 5.92. The summed E-state index contributed by atoms with van der Waals surface area (Å²) < 4.78 is 0. The fourth-order valence-corrected chi connectivity index (χ4v) is 2.50. The van der Waals surface area contributed by atoms with Gasteiger partial charge < -0.3 is 16.0 Å². The Morgan fingerprint density at radius 2 is 1.86 bits per heavy atom. The maximum Gasteiger partial charge on any atom is 0.267 e. The molecule has 0 saturated heterocycles. The lowest BCUT2D eigenvalue weighted by Crippen LogP contribution is -2.21. The van der Waals surface area contributed by atoms with Crippen molar-refractivity contribution in [2.24, 2.45) is 0 Å². The van der Waals surface area contributed by atoms with Crippen molar-refractivity contribution in [1.82, 2.24) is 9.88 Å². The van der Waals surface area contributed by atoms with Crippen molar-refractivity contribution in [3.05, 3.63) is 40.4 Å². The first-order valence-corrected chi connectivity index (χ1v) is 7.06. The molecule has 3 N–H and O–H groups in total. The summed E-state index contributed by atoms with van der Waals surface area (Å²) in [6, 6.07) is 6.72. The zero-order valence-corrected chi connectivity index (χ0v) is 12.8. The van der Waals surface area contributed by atoms with E-state index in [0.717, 1.165) is 11.3 Å². The maximum absolute atomic E-state index is 12.1. The number of benzene rings is 1. The molecule has 0 aliphatic carbocycles. The molecule has 7 heteroatoms. The van der Waals surface area contributed by atoms with E-state index >= 15 is 0 Å². The van der Waals surface area contributed by atoms with Crippen LogP contribution in [0.4, 0.5) is 10.8 Å². The van der Waals surface area contributed by atoms with Gasteiger partial charge in [0.2, 0.25) is 0 Å². The average Bonchev–Trinajstić information content (AvgIpc) is 2.77. The van der Waals surface area contributed by atoms with Crippen LogP contribution in [0.5, 0.6) is 0 Å². The van der Waals surface area contributed by atoms with Gasteiger partial charge in [-0.3, -0.25) is 9.59 Å². The van der Waals surface area contributed by atoms with Crippen LogP contribution >= 0.6 is 11.3 Å². The van der Waals surface area contributed by atoms with Crippen molar-refractivity contribution in [2.45, 2.75) is 6.92 Å². The number of hydrogen-bond acceptors (Lipinski definition) is 5. The standard InChI is InChI=1S/C14H16N4O2S/c1-8-11(21-14(15)16-8)12(19)17-10-6-4-9(5-7-10)13(20)18(2)3/h4-7H,1-3H3,(H2,15,16)(H,17,19). The zero-order chi connectivity index (χ0) is 15.6. The van der Waals surface area contributed by atoms with Crippen LogP contribution in [0.1, 0.15) is 25.7 Å². The van der Waals surface area contributed by atoms with E-state index in [1.807, 2.05) is 0 Å². The summed E-state index contributed by atoms with van der Waals surface area (Å²) in [5.74, 6) is -0.340. The minimum atomic E-state index is -0.256. The number of anilines is 2. The molecule has 0 fully saturated rings. The van der Waals surface area contributed by atoms with Gasteiger partial charge in [-0.05, 0) is 31.2 Å². The summed E-state index contributed by atoms with van der Waals surface area (Å²) in [6.07, 6.45) is 0. The van der Waals surface area contributed by atoms with Gasteiger partial charge in [-0.2, -0.15) is 0 Å². The molecule has 0 aliphatic heterocycles. The lowest BCUT2D eigenvalue weighted by molar-refractivity contribution is 0.0827. The zero-order valence-electron chi connectivity index (χ0n) is 12.0. The van der Waals surface area contributed by atoms with Crippen LogP contribution in [-0.2, 0) is 0 Å². The summed E-state index contributed by atoms with van der Waals surface area (Å²) in [6.45, 7) is 1.74. The molecule has 2 rings (SSSR count). The second-order valence-electron chi connectivity index (χ2n) is 4.70. The smallest absolute Gasteiger partial charge is 0.267 e. The number of carbonyl (C=O) groups is 2. The molecule has 21 heavy (non-hydrogen) atoms. The summed E-state index contributed by atoms with van der Waals surface area (Å²) in [4.78, 5) is 29.9. The van der Waals surface area contributed by atoms with E-state index < -0.39 is 0 Å². The van der Waals surface area contributed by atoms with Crippen LogP contribution in [-0.4, -0.2) is 35.8 Å². The van der Waals surface area contributed by atoms with Crippen LogP contribution in [0, 0.1) is 6.92 Å². The minimum absolute atomic E-state index is 0.0843. The quantitative estimate of drug-likeness (QED) is 0.907. The first-order chi connectivity index (χ1) is 9.88. The highest BCUT2D eigenvalue weighted by molar-refractivity contribution is 7.17. The number of nitrogens with one attached hydrogen (secondary N) is 1. The van der Waals surface area contributed by atoms with E-state index in [0.29, 0.717) is 27.0 Å². The van der Waals surface area contributed by atoms with Crippen molar-refractivity contribution in [3.8, 4) is 0 Å². The fourth-order valence-electron chi connectivity index (χ4n) is 1.77. The van der Waals surface area contributed by atoms with Gasteiger partial charge in [0.05, 0.1) is 5.69 Å². The number of nitrogens with two attached hydrogens (primary N) is 1. The average molecular weight is 304 g/mol. The molecule has 0 unspecified atom stereocenters. The Morgan fingerprint density at radius 1 is 1.24 bits per heavy atom. The lowest BCUT2D eigenvalue weighted by Gasteiger charge is -2.10. The Bertz CT molecular complexity index is 677. The van der Waals surface area contributed by atoms with Crippen LogP contribution in [0.2, 0.25) is 0 Å². The molecular weight excluding hydrogens is 288 g/mol. The summed E-state index contributed by atoms with van der Waals surface area (Å²) in [5.41, 5.74) is 7.36.